The summed E-state index contributed by atoms with van der Waals surface area (Å²) in [5, 5.41) is 13.4. The second-order valence-corrected chi connectivity index (χ2v) is 7.14. The summed E-state index contributed by atoms with van der Waals surface area (Å²) < 4.78 is 25.5. The zero-order valence-corrected chi connectivity index (χ0v) is 14.3. The van der Waals surface area contributed by atoms with Crippen LogP contribution in [0.15, 0.2) is 29.2 Å². The third-order valence-electron chi connectivity index (χ3n) is 3.00. The molecule has 0 fully saturated rings. The summed E-state index contributed by atoms with van der Waals surface area (Å²) in [5.41, 5.74) is 0.442. The third-order valence-corrected chi connectivity index (χ3v) is 4.81. The molecule has 0 aliphatic rings. The molecule has 0 saturated carbocycles. The number of likely N-dealkylation sites (N-methyl/N-ethyl adjacent to an activating group) is 1. The smallest absolute Gasteiger partial charge is 0.325 e. The number of amides is 2. The van der Waals surface area contributed by atoms with E-state index in [2.05, 4.69) is 10.6 Å². The van der Waals surface area contributed by atoms with Gasteiger partial charge < -0.3 is 15.7 Å². The van der Waals surface area contributed by atoms with Gasteiger partial charge in [0.2, 0.25) is 21.8 Å². The molecule has 3 N–H and O–H groups in total. The lowest BCUT2D eigenvalue weighted by molar-refractivity contribution is -0.141. The lowest BCUT2D eigenvalue weighted by Gasteiger charge is -2.18. The number of carbonyl (C=O) groups is 3. The number of benzene rings is 1. The lowest BCUT2D eigenvalue weighted by atomic mass is 10.3. The van der Waals surface area contributed by atoms with Crippen LogP contribution in [0.1, 0.15) is 13.8 Å². The highest BCUT2D eigenvalue weighted by Crippen LogP contribution is 2.17. The van der Waals surface area contributed by atoms with E-state index in [1.165, 1.54) is 45.2 Å². The van der Waals surface area contributed by atoms with E-state index in [9.17, 15) is 22.8 Å². The number of carboxylic acids is 1. The Kier molecular flexibility index (Phi) is 6.43. The van der Waals surface area contributed by atoms with Crippen molar-refractivity contribution in [3.63, 3.8) is 0 Å². The minimum atomic E-state index is -3.92. The SMILES string of the molecule is CC(=O)Nc1ccc(S(=O)(=O)N(C)CC(=O)N[C@@H](C)C(=O)O)cc1. The van der Waals surface area contributed by atoms with Gasteiger partial charge in [0.25, 0.3) is 0 Å². The van der Waals surface area contributed by atoms with Crippen LogP contribution in [0.25, 0.3) is 0 Å². The van der Waals surface area contributed by atoms with Gasteiger partial charge in [-0.05, 0) is 31.2 Å². The van der Waals surface area contributed by atoms with Crippen LogP contribution in [0, 0.1) is 0 Å². The van der Waals surface area contributed by atoms with Crippen molar-refractivity contribution in [3.05, 3.63) is 24.3 Å². The molecule has 9 nitrogen and oxygen atoms in total. The first-order chi connectivity index (χ1) is 11.0. The zero-order chi connectivity index (χ0) is 18.5. The molecule has 0 radical (unpaired) electrons. The molecule has 0 bridgehead atoms. The van der Waals surface area contributed by atoms with Gasteiger partial charge in [-0.3, -0.25) is 14.4 Å². The Hall–Kier alpha value is -2.46. The number of hydrogen-bond donors (Lipinski definition) is 3. The highest BCUT2D eigenvalue weighted by molar-refractivity contribution is 7.89. The maximum Gasteiger partial charge on any atom is 0.325 e. The Bertz CT molecular complexity index is 729. The van der Waals surface area contributed by atoms with Gasteiger partial charge in [-0.2, -0.15) is 4.31 Å². The highest BCUT2D eigenvalue weighted by Gasteiger charge is 2.24. The molecule has 0 spiro atoms. The van der Waals surface area contributed by atoms with Crippen LogP contribution < -0.4 is 10.6 Å². The fourth-order valence-corrected chi connectivity index (χ4v) is 2.86. The van der Waals surface area contributed by atoms with Crippen LogP contribution in [0.2, 0.25) is 0 Å². The van der Waals surface area contributed by atoms with Crippen molar-refractivity contribution in [1.29, 1.82) is 0 Å². The first-order valence-electron chi connectivity index (χ1n) is 6.90. The number of anilines is 1. The monoisotopic (exact) mass is 357 g/mol. The molecule has 1 rings (SSSR count). The molecule has 10 heteroatoms. The summed E-state index contributed by atoms with van der Waals surface area (Å²) in [6.45, 7) is 2.08. The highest BCUT2D eigenvalue weighted by atomic mass is 32.2. The summed E-state index contributed by atoms with van der Waals surface area (Å²) in [6, 6.07) is 4.33. The molecular formula is C14H19N3O6S. The van der Waals surface area contributed by atoms with Gasteiger partial charge in [0, 0.05) is 19.7 Å². The number of carbonyl (C=O) groups excluding carboxylic acids is 2. The van der Waals surface area contributed by atoms with Crippen molar-refractivity contribution in [2.45, 2.75) is 24.8 Å². The van der Waals surface area contributed by atoms with Crippen LogP contribution in [0.5, 0.6) is 0 Å². The van der Waals surface area contributed by atoms with E-state index in [1.807, 2.05) is 0 Å². The summed E-state index contributed by atoms with van der Waals surface area (Å²) in [4.78, 5) is 33.2. The number of sulfonamides is 1. The van der Waals surface area contributed by atoms with E-state index in [0.29, 0.717) is 5.69 Å². The number of hydrogen-bond acceptors (Lipinski definition) is 5. The van der Waals surface area contributed by atoms with Gasteiger partial charge >= 0.3 is 5.97 Å². The van der Waals surface area contributed by atoms with E-state index in [1.54, 1.807) is 0 Å². The van der Waals surface area contributed by atoms with Crippen LogP contribution in [-0.4, -0.2) is 55.2 Å². The third kappa shape index (κ3) is 5.32. The minimum absolute atomic E-state index is 0.0572. The fourth-order valence-electron chi connectivity index (χ4n) is 1.73. The molecule has 0 aliphatic carbocycles. The van der Waals surface area contributed by atoms with E-state index >= 15 is 0 Å². The number of aliphatic carboxylic acids is 1. The second-order valence-electron chi connectivity index (χ2n) is 5.09. The van der Waals surface area contributed by atoms with E-state index < -0.39 is 34.5 Å². The Balaban J connectivity index is 2.81. The molecule has 2 amide bonds. The maximum atomic E-state index is 12.4. The number of rotatable bonds is 7. The summed E-state index contributed by atoms with van der Waals surface area (Å²) in [5.74, 6) is -2.24. The minimum Gasteiger partial charge on any atom is -0.480 e. The van der Waals surface area contributed by atoms with Crippen molar-refractivity contribution >= 4 is 33.5 Å². The normalized spacial score (nSPS) is 12.5. The molecule has 132 valence electrons. The number of nitrogens with one attached hydrogen (secondary N) is 2. The predicted molar refractivity (Wildman–Crippen MR) is 85.8 cm³/mol. The average molecular weight is 357 g/mol. The van der Waals surface area contributed by atoms with Crippen molar-refractivity contribution < 1.29 is 27.9 Å². The first-order valence-corrected chi connectivity index (χ1v) is 8.34. The molecule has 24 heavy (non-hydrogen) atoms. The van der Waals surface area contributed by atoms with Gasteiger partial charge in [0.05, 0.1) is 11.4 Å². The Morgan fingerprint density at radius 2 is 1.75 bits per heavy atom. The summed E-state index contributed by atoms with van der Waals surface area (Å²) in [7, 11) is -2.71. The topological polar surface area (TPSA) is 133 Å². The molecule has 0 heterocycles. The number of nitrogens with zero attached hydrogens (tertiary/aromatic N) is 1. The molecular weight excluding hydrogens is 338 g/mol. The quantitative estimate of drug-likeness (QED) is 0.622. The second kappa shape index (κ2) is 7.88. The predicted octanol–water partition coefficient (Wildman–Crippen LogP) is -0.145. The molecule has 0 aromatic heterocycles. The Morgan fingerprint density at radius 3 is 2.21 bits per heavy atom. The molecule has 1 aromatic carbocycles. The Labute approximate surface area is 139 Å². The van der Waals surface area contributed by atoms with Gasteiger partial charge in [-0.15, -0.1) is 0 Å². The van der Waals surface area contributed by atoms with Crippen LogP contribution >= 0.6 is 0 Å². The van der Waals surface area contributed by atoms with Gasteiger partial charge in [-0.25, -0.2) is 8.42 Å². The van der Waals surface area contributed by atoms with Crippen molar-refractivity contribution in [1.82, 2.24) is 9.62 Å². The zero-order valence-electron chi connectivity index (χ0n) is 13.4. The van der Waals surface area contributed by atoms with Gasteiger partial charge in [-0.1, -0.05) is 0 Å². The Morgan fingerprint density at radius 1 is 1.21 bits per heavy atom. The van der Waals surface area contributed by atoms with Gasteiger partial charge in [0.1, 0.15) is 6.04 Å². The van der Waals surface area contributed by atoms with Crippen molar-refractivity contribution in [2.24, 2.45) is 0 Å². The van der Waals surface area contributed by atoms with Crippen molar-refractivity contribution in [2.75, 3.05) is 18.9 Å². The average Bonchev–Trinajstić information content (AvgIpc) is 2.46. The summed E-state index contributed by atoms with van der Waals surface area (Å²) in [6.07, 6.45) is 0. The van der Waals surface area contributed by atoms with Crippen LogP contribution in [0.4, 0.5) is 5.69 Å². The molecule has 1 atom stereocenters. The molecule has 0 saturated heterocycles. The number of carboxylic acid groups (broad SMARTS) is 1. The van der Waals surface area contributed by atoms with Crippen molar-refractivity contribution in [3.8, 4) is 0 Å². The van der Waals surface area contributed by atoms with E-state index in [0.717, 1.165) is 4.31 Å². The fraction of sp³-hybridized carbons (Fsp3) is 0.357. The van der Waals surface area contributed by atoms with E-state index in [4.69, 9.17) is 5.11 Å². The standard InChI is InChI=1S/C14H19N3O6S/c1-9(14(20)21)15-13(19)8-17(3)24(22,23)12-6-4-11(5-7-12)16-10(2)18/h4-7,9H,8H2,1-3H3,(H,15,19)(H,16,18)(H,20,21)/t9-/m0/s1. The molecule has 0 aliphatic heterocycles. The van der Waals surface area contributed by atoms with Crippen LogP contribution in [0.3, 0.4) is 0 Å². The molecule has 1 aromatic rings. The van der Waals surface area contributed by atoms with E-state index in [-0.39, 0.29) is 10.8 Å². The maximum absolute atomic E-state index is 12.4. The van der Waals surface area contributed by atoms with Crippen LogP contribution in [-0.2, 0) is 24.4 Å². The summed E-state index contributed by atoms with van der Waals surface area (Å²) >= 11 is 0. The van der Waals surface area contributed by atoms with Gasteiger partial charge in [0.15, 0.2) is 0 Å². The molecule has 0 unspecified atom stereocenters. The lowest BCUT2D eigenvalue weighted by Crippen LogP contribution is -2.44. The first kappa shape index (κ1) is 19.6. The largest absolute Gasteiger partial charge is 0.480 e.